The lowest BCUT2D eigenvalue weighted by Gasteiger charge is -2.21. The Morgan fingerprint density at radius 2 is 0.490 bits per heavy atom. The van der Waals surface area contributed by atoms with E-state index in [9.17, 15) is 43.2 Å². The fourth-order valence-corrected chi connectivity index (χ4v) is 13.5. The quantitative estimate of drug-likeness (QED) is 0.0169. The van der Waals surface area contributed by atoms with Gasteiger partial charge in [-0.15, -0.1) is 0 Å². The van der Waals surface area contributed by atoms with Gasteiger partial charge in [-0.1, -0.05) is 359 Å². The van der Waals surface area contributed by atoms with Gasteiger partial charge in [-0.2, -0.15) is 0 Å². The Bertz CT molecular complexity index is 2120. The highest BCUT2D eigenvalue weighted by Crippen LogP contribution is 2.45. The topological polar surface area (TPSA) is 237 Å². The molecule has 0 radical (unpaired) electrons. The summed E-state index contributed by atoms with van der Waals surface area (Å²) in [5, 5.41) is 10.6. The third-order valence-corrected chi connectivity index (χ3v) is 20.2. The average molecular weight is 1490 g/mol. The zero-order valence-corrected chi connectivity index (χ0v) is 67.3. The molecule has 0 saturated carbocycles. The number of aliphatic hydroxyl groups is 1. The van der Waals surface area contributed by atoms with E-state index in [1.807, 2.05) is 12.2 Å². The van der Waals surface area contributed by atoms with E-state index in [0.29, 0.717) is 32.1 Å². The summed E-state index contributed by atoms with van der Waals surface area (Å²) in [6, 6.07) is 0. The van der Waals surface area contributed by atoms with Crippen molar-refractivity contribution in [3.63, 3.8) is 0 Å². The van der Waals surface area contributed by atoms with Crippen LogP contribution in [0, 0.1) is 0 Å². The monoisotopic (exact) mass is 1490 g/mol. The predicted molar refractivity (Wildman–Crippen MR) is 418 cm³/mol. The van der Waals surface area contributed by atoms with Gasteiger partial charge in [0.2, 0.25) is 0 Å². The van der Waals surface area contributed by atoms with E-state index < -0.39 is 97.5 Å². The summed E-state index contributed by atoms with van der Waals surface area (Å²) in [6.07, 6.45) is 75.1. The number of carbonyl (C=O) groups excluding carboxylic acids is 4. The lowest BCUT2D eigenvalue weighted by atomic mass is 10.0. The number of hydrogen-bond donors (Lipinski definition) is 3. The molecule has 5 atom stereocenters. The molecule has 102 heavy (non-hydrogen) atoms. The lowest BCUT2D eigenvalue weighted by Crippen LogP contribution is -2.30. The van der Waals surface area contributed by atoms with Crippen molar-refractivity contribution in [1.82, 2.24) is 0 Å². The molecule has 0 aliphatic heterocycles. The maximum absolute atomic E-state index is 13.1. The number of ether oxygens (including phenoxy) is 4. The van der Waals surface area contributed by atoms with E-state index in [0.717, 1.165) is 89.9 Å². The van der Waals surface area contributed by atoms with Gasteiger partial charge in [0.1, 0.15) is 19.3 Å². The van der Waals surface area contributed by atoms with Crippen LogP contribution in [0.15, 0.2) is 48.6 Å². The standard InChI is InChI=1S/C83H154O17P2/c1-5-9-13-17-21-25-29-33-36-38-41-45-49-53-57-61-65-69-82(87)99-78(73-93-80(85)67-63-59-55-51-47-43-32-28-24-20-16-12-8-4)75-97-101(89,90)95-71-77(84)72-96-102(91,92)98-76-79(74-94-81(86)68-64-60-56-52-48-44-40-35-31-27-23-19-15-11-7-3)100-83(88)70-66-62-58-54-50-46-42-39-37-34-30-26-22-18-14-10-6-2/h22,26,34,37,42,46,54,58,77-79,84H,5-21,23-25,27-33,35-36,38-41,43-45,47-53,55-57,59-76H2,1-4H3,(H,89,90)(H,91,92)/b26-22-,37-34-,46-42-,58-54-/t77-,78+,79+/m0/s1. The first-order chi connectivity index (χ1) is 49.7. The van der Waals surface area contributed by atoms with Crippen molar-refractivity contribution in [3.05, 3.63) is 48.6 Å². The van der Waals surface area contributed by atoms with Crippen molar-refractivity contribution in [1.29, 1.82) is 0 Å². The first kappa shape index (κ1) is 99.0. The van der Waals surface area contributed by atoms with Gasteiger partial charge in [0, 0.05) is 25.7 Å². The highest BCUT2D eigenvalue weighted by atomic mass is 31.2. The molecule has 0 spiro atoms. The van der Waals surface area contributed by atoms with Crippen LogP contribution in [0.1, 0.15) is 400 Å². The Hall–Kier alpha value is -2.98. The Kier molecular flexibility index (Phi) is 74.0. The summed E-state index contributed by atoms with van der Waals surface area (Å²) in [5.74, 6) is -2.19. The summed E-state index contributed by atoms with van der Waals surface area (Å²) >= 11 is 0. The highest BCUT2D eigenvalue weighted by molar-refractivity contribution is 7.47. The second-order valence-corrected chi connectivity index (χ2v) is 31.4. The zero-order chi connectivity index (χ0) is 74.6. The molecular weight excluding hydrogens is 1330 g/mol. The molecule has 2 unspecified atom stereocenters. The van der Waals surface area contributed by atoms with E-state index >= 15 is 0 Å². The number of rotatable bonds is 80. The normalized spacial score (nSPS) is 14.1. The largest absolute Gasteiger partial charge is 0.472 e. The minimum Gasteiger partial charge on any atom is -0.462 e. The van der Waals surface area contributed by atoms with Crippen LogP contribution in [-0.2, 0) is 65.4 Å². The molecule has 0 aliphatic rings. The van der Waals surface area contributed by atoms with Crippen LogP contribution in [0.5, 0.6) is 0 Å². The van der Waals surface area contributed by atoms with Gasteiger partial charge in [0.15, 0.2) is 12.2 Å². The van der Waals surface area contributed by atoms with E-state index in [2.05, 4.69) is 64.2 Å². The number of allylic oxidation sites excluding steroid dienone is 8. The molecule has 598 valence electrons. The lowest BCUT2D eigenvalue weighted by molar-refractivity contribution is -0.161. The number of phosphoric ester groups is 2. The molecule has 0 bridgehead atoms. The van der Waals surface area contributed by atoms with Crippen LogP contribution in [0.4, 0.5) is 0 Å². The molecule has 0 aromatic carbocycles. The van der Waals surface area contributed by atoms with E-state index in [1.54, 1.807) is 0 Å². The summed E-state index contributed by atoms with van der Waals surface area (Å²) in [5.41, 5.74) is 0. The van der Waals surface area contributed by atoms with E-state index in [-0.39, 0.29) is 25.7 Å². The van der Waals surface area contributed by atoms with Crippen molar-refractivity contribution in [2.75, 3.05) is 39.6 Å². The molecule has 0 aromatic heterocycles. The summed E-state index contributed by atoms with van der Waals surface area (Å²) in [7, 11) is -9.95. The molecule has 0 fully saturated rings. The second-order valence-electron chi connectivity index (χ2n) is 28.4. The maximum Gasteiger partial charge on any atom is 0.472 e. The summed E-state index contributed by atoms with van der Waals surface area (Å²) in [4.78, 5) is 73.1. The van der Waals surface area contributed by atoms with Crippen LogP contribution in [0.2, 0.25) is 0 Å². The van der Waals surface area contributed by atoms with Gasteiger partial charge in [0.25, 0.3) is 0 Å². The average Bonchev–Trinajstić information content (AvgIpc) is 0.966. The van der Waals surface area contributed by atoms with Crippen LogP contribution < -0.4 is 0 Å². The number of unbranched alkanes of at least 4 members (excludes halogenated alkanes) is 46. The number of hydrogen-bond acceptors (Lipinski definition) is 15. The number of aliphatic hydroxyl groups excluding tert-OH is 1. The fraction of sp³-hybridized carbons (Fsp3) is 0.855. The summed E-state index contributed by atoms with van der Waals surface area (Å²) < 4.78 is 68.7. The molecule has 0 amide bonds. The molecule has 0 rings (SSSR count). The first-order valence-electron chi connectivity index (χ1n) is 41.9. The van der Waals surface area contributed by atoms with Crippen molar-refractivity contribution in [3.8, 4) is 0 Å². The van der Waals surface area contributed by atoms with Gasteiger partial charge in [-0.25, -0.2) is 9.13 Å². The SMILES string of the molecule is CCCCC/C=C\C/C=C\C/C=C\C/C=C\CCCC(=O)O[C@H](COC(=O)CCCCCCCCCCCCCCCCC)COP(=O)(O)OC[C@@H](O)COP(=O)(O)OC[C@@H](COC(=O)CCCCCCCCCCCCCCC)OC(=O)CCCCCCCCCCCCCCCCCCC. The Morgan fingerprint density at radius 1 is 0.275 bits per heavy atom. The second kappa shape index (κ2) is 76.2. The molecular formula is C83H154O17P2. The number of esters is 4. The molecule has 19 heteroatoms. The summed E-state index contributed by atoms with van der Waals surface area (Å²) in [6.45, 7) is 4.90. The van der Waals surface area contributed by atoms with Crippen LogP contribution in [0.25, 0.3) is 0 Å². The van der Waals surface area contributed by atoms with Crippen LogP contribution in [-0.4, -0.2) is 96.7 Å². The zero-order valence-electron chi connectivity index (χ0n) is 65.6. The van der Waals surface area contributed by atoms with E-state index in [1.165, 1.54) is 225 Å². The van der Waals surface area contributed by atoms with Gasteiger partial charge in [0.05, 0.1) is 26.4 Å². The Morgan fingerprint density at radius 3 is 0.775 bits per heavy atom. The van der Waals surface area contributed by atoms with Gasteiger partial charge >= 0.3 is 39.5 Å². The molecule has 3 N–H and O–H groups in total. The minimum absolute atomic E-state index is 0.0257. The minimum atomic E-state index is -4.98. The van der Waals surface area contributed by atoms with Crippen molar-refractivity contribution in [2.24, 2.45) is 0 Å². The van der Waals surface area contributed by atoms with Crippen molar-refractivity contribution in [2.45, 2.75) is 418 Å². The van der Waals surface area contributed by atoms with Gasteiger partial charge in [-0.3, -0.25) is 37.3 Å². The van der Waals surface area contributed by atoms with Gasteiger partial charge < -0.3 is 33.8 Å². The van der Waals surface area contributed by atoms with E-state index in [4.69, 9.17) is 37.0 Å². The molecule has 0 aliphatic carbocycles. The number of phosphoric acid groups is 2. The highest BCUT2D eigenvalue weighted by Gasteiger charge is 2.30. The smallest absolute Gasteiger partial charge is 0.462 e. The maximum atomic E-state index is 13.1. The van der Waals surface area contributed by atoms with Crippen molar-refractivity contribution < 1.29 is 80.2 Å². The third kappa shape index (κ3) is 75.3. The fourth-order valence-electron chi connectivity index (χ4n) is 11.9. The molecule has 0 saturated heterocycles. The Labute approximate surface area is 623 Å². The third-order valence-electron chi connectivity index (χ3n) is 18.3. The van der Waals surface area contributed by atoms with Gasteiger partial charge in [-0.05, 0) is 64.2 Å². The Balaban J connectivity index is 5.35. The molecule has 0 aromatic rings. The molecule has 17 nitrogen and oxygen atoms in total. The number of carbonyl (C=O) groups is 4. The molecule has 0 heterocycles. The van der Waals surface area contributed by atoms with Crippen LogP contribution >= 0.6 is 15.6 Å². The van der Waals surface area contributed by atoms with Crippen molar-refractivity contribution >= 4 is 39.5 Å². The van der Waals surface area contributed by atoms with Crippen LogP contribution in [0.3, 0.4) is 0 Å². The first-order valence-corrected chi connectivity index (χ1v) is 44.9. The predicted octanol–water partition coefficient (Wildman–Crippen LogP) is 24.5.